The highest BCUT2D eigenvalue weighted by molar-refractivity contribution is 6.31. The van der Waals surface area contributed by atoms with Gasteiger partial charge in [-0.3, -0.25) is 4.79 Å². The fourth-order valence-corrected chi connectivity index (χ4v) is 3.07. The van der Waals surface area contributed by atoms with Gasteiger partial charge in [0, 0.05) is 17.2 Å². The molecule has 0 aliphatic heterocycles. The summed E-state index contributed by atoms with van der Waals surface area (Å²) in [6, 6.07) is 18.8. The molecular weight excluding hydrogens is 414 g/mol. The quantitative estimate of drug-likeness (QED) is 0.446. The number of hydrogen-bond donors (Lipinski definition) is 1. The summed E-state index contributed by atoms with van der Waals surface area (Å²) in [6.07, 6.45) is 3.15. The van der Waals surface area contributed by atoms with Crippen LogP contribution in [0.25, 0.3) is 6.08 Å². The van der Waals surface area contributed by atoms with Crippen molar-refractivity contribution >= 4 is 29.3 Å². The molecule has 0 unspecified atom stereocenters. The molecule has 3 aromatic carbocycles. The average Bonchev–Trinajstić information content (AvgIpc) is 2.79. The molecule has 31 heavy (non-hydrogen) atoms. The Morgan fingerprint density at radius 3 is 2.42 bits per heavy atom. The van der Waals surface area contributed by atoms with E-state index in [0.717, 1.165) is 16.7 Å². The van der Waals surface area contributed by atoms with E-state index in [0.29, 0.717) is 34.6 Å². The molecule has 0 aliphatic rings. The first-order valence-electron chi connectivity index (χ1n) is 9.68. The highest BCUT2D eigenvalue weighted by atomic mass is 35.5. The van der Waals surface area contributed by atoms with E-state index in [1.165, 1.54) is 13.2 Å². The number of halogens is 1. The fraction of sp³-hybridized carbons (Fsp3) is 0.160. The van der Waals surface area contributed by atoms with Gasteiger partial charge >= 0.3 is 0 Å². The molecule has 0 aliphatic carbocycles. The van der Waals surface area contributed by atoms with E-state index in [1.54, 1.807) is 25.3 Å². The van der Waals surface area contributed by atoms with Crippen LogP contribution in [0.2, 0.25) is 5.02 Å². The zero-order valence-corrected chi connectivity index (χ0v) is 18.4. The van der Waals surface area contributed by atoms with Gasteiger partial charge in [0.05, 0.1) is 19.9 Å². The third-order valence-electron chi connectivity index (χ3n) is 4.59. The summed E-state index contributed by atoms with van der Waals surface area (Å²) in [5.74, 6) is 1.44. The Kier molecular flexibility index (Phi) is 7.57. The van der Waals surface area contributed by atoms with Crippen molar-refractivity contribution in [3.05, 3.63) is 88.5 Å². The Bertz CT molecular complexity index is 1080. The van der Waals surface area contributed by atoms with Gasteiger partial charge in [-0.2, -0.15) is 0 Å². The van der Waals surface area contributed by atoms with Crippen LogP contribution in [0, 0.1) is 6.92 Å². The highest BCUT2D eigenvalue weighted by Crippen LogP contribution is 2.31. The van der Waals surface area contributed by atoms with Gasteiger partial charge < -0.3 is 19.5 Å². The summed E-state index contributed by atoms with van der Waals surface area (Å²) in [5.41, 5.74) is 3.27. The van der Waals surface area contributed by atoms with Crippen molar-refractivity contribution in [1.29, 1.82) is 0 Å². The molecule has 1 N–H and O–H groups in total. The number of nitrogens with one attached hydrogen (secondary N) is 1. The van der Waals surface area contributed by atoms with Crippen LogP contribution >= 0.6 is 11.6 Å². The molecule has 3 rings (SSSR count). The molecule has 1 amide bonds. The van der Waals surface area contributed by atoms with Crippen LogP contribution in [-0.2, 0) is 11.4 Å². The predicted octanol–water partition coefficient (Wildman–Crippen LogP) is 5.90. The van der Waals surface area contributed by atoms with Gasteiger partial charge in [0.2, 0.25) is 5.91 Å². The molecule has 3 aromatic rings. The molecule has 0 aromatic heterocycles. The standard InChI is InChI=1S/C25H24ClNO4/c1-17-13-21(23(29-2)15-20(17)26)27-25(28)12-10-18-9-11-22(24(14-18)30-3)31-16-19-7-5-4-6-8-19/h4-15H,16H2,1-3H3,(H,27,28). The SMILES string of the molecule is COc1cc(Cl)c(C)cc1NC(=O)C=Cc1ccc(OCc2ccccc2)c(OC)c1. The van der Waals surface area contributed by atoms with Gasteiger partial charge in [-0.15, -0.1) is 0 Å². The van der Waals surface area contributed by atoms with Crippen molar-refractivity contribution < 1.29 is 19.0 Å². The van der Waals surface area contributed by atoms with Crippen LogP contribution in [0.1, 0.15) is 16.7 Å². The summed E-state index contributed by atoms with van der Waals surface area (Å²) in [4.78, 5) is 12.4. The molecular formula is C25H24ClNO4. The highest BCUT2D eigenvalue weighted by Gasteiger charge is 2.09. The number of carbonyl (C=O) groups is 1. The molecule has 0 fully saturated rings. The maximum atomic E-state index is 12.4. The van der Waals surface area contributed by atoms with Crippen molar-refractivity contribution in [3.8, 4) is 17.2 Å². The number of hydrogen-bond acceptors (Lipinski definition) is 4. The zero-order valence-electron chi connectivity index (χ0n) is 17.6. The number of ether oxygens (including phenoxy) is 3. The Hall–Kier alpha value is -3.44. The Morgan fingerprint density at radius 2 is 1.71 bits per heavy atom. The van der Waals surface area contributed by atoms with E-state index in [9.17, 15) is 4.79 Å². The first-order chi connectivity index (χ1) is 15.0. The second kappa shape index (κ2) is 10.5. The van der Waals surface area contributed by atoms with Crippen LogP contribution in [0.4, 0.5) is 5.69 Å². The van der Waals surface area contributed by atoms with Crippen LogP contribution in [0.5, 0.6) is 17.2 Å². The van der Waals surface area contributed by atoms with E-state index in [2.05, 4.69) is 5.32 Å². The fourth-order valence-electron chi connectivity index (χ4n) is 2.92. The maximum Gasteiger partial charge on any atom is 0.248 e. The summed E-state index contributed by atoms with van der Waals surface area (Å²) in [6.45, 7) is 2.30. The minimum absolute atomic E-state index is 0.289. The lowest BCUT2D eigenvalue weighted by atomic mass is 10.1. The Morgan fingerprint density at radius 1 is 0.968 bits per heavy atom. The van der Waals surface area contributed by atoms with Crippen molar-refractivity contribution in [2.75, 3.05) is 19.5 Å². The molecule has 6 heteroatoms. The largest absolute Gasteiger partial charge is 0.495 e. The normalized spacial score (nSPS) is 10.7. The third-order valence-corrected chi connectivity index (χ3v) is 5.00. The number of benzene rings is 3. The third kappa shape index (κ3) is 6.03. The number of rotatable bonds is 8. The minimum atomic E-state index is -0.289. The van der Waals surface area contributed by atoms with Gasteiger partial charge in [0.1, 0.15) is 12.4 Å². The first kappa shape index (κ1) is 22.2. The number of amides is 1. The smallest absolute Gasteiger partial charge is 0.248 e. The summed E-state index contributed by atoms with van der Waals surface area (Å²) in [5, 5.41) is 3.39. The first-order valence-corrected chi connectivity index (χ1v) is 10.1. The lowest BCUT2D eigenvalue weighted by molar-refractivity contribution is -0.111. The van der Waals surface area contributed by atoms with Crippen molar-refractivity contribution in [3.63, 3.8) is 0 Å². The molecule has 5 nitrogen and oxygen atoms in total. The van der Waals surface area contributed by atoms with Crippen LogP contribution in [0.3, 0.4) is 0 Å². The molecule has 0 saturated carbocycles. The van der Waals surface area contributed by atoms with Gasteiger partial charge in [-0.1, -0.05) is 48.0 Å². The zero-order chi connectivity index (χ0) is 22.2. The number of anilines is 1. The number of carbonyl (C=O) groups excluding carboxylic acids is 1. The molecule has 0 bridgehead atoms. The Balaban J connectivity index is 1.68. The molecule has 0 heterocycles. The van der Waals surface area contributed by atoms with Crippen molar-refractivity contribution in [1.82, 2.24) is 0 Å². The lowest BCUT2D eigenvalue weighted by Crippen LogP contribution is -2.09. The van der Waals surface area contributed by atoms with Crippen LogP contribution in [0.15, 0.2) is 66.7 Å². The second-order valence-corrected chi connectivity index (χ2v) is 7.22. The average molecular weight is 438 g/mol. The van der Waals surface area contributed by atoms with E-state index >= 15 is 0 Å². The molecule has 0 atom stereocenters. The Labute approximate surface area is 187 Å². The topological polar surface area (TPSA) is 56.8 Å². The van der Waals surface area contributed by atoms with E-state index in [-0.39, 0.29) is 5.91 Å². The number of aryl methyl sites for hydroxylation is 1. The van der Waals surface area contributed by atoms with Crippen LogP contribution < -0.4 is 19.5 Å². The molecule has 160 valence electrons. The van der Waals surface area contributed by atoms with Crippen LogP contribution in [-0.4, -0.2) is 20.1 Å². The van der Waals surface area contributed by atoms with Gasteiger partial charge in [0.25, 0.3) is 0 Å². The van der Waals surface area contributed by atoms with Crippen molar-refractivity contribution in [2.45, 2.75) is 13.5 Å². The molecule has 0 saturated heterocycles. The maximum absolute atomic E-state index is 12.4. The van der Waals surface area contributed by atoms with E-state index in [4.69, 9.17) is 25.8 Å². The minimum Gasteiger partial charge on any atom is -0.495 e. The number of methoxy groups -OCH3 is 2. The summed E-state index contributed by atoms with van der Waals surface area (Å²) >= 11 is 6.11. The predicted molar refractivity (Wildman–Crippen MR) is 124 cm³/mol. The second-order valence-electron chi connectivity index (χ2n) is 6.81. The van der Waals surface area contributed by atoms with E-state index < -0.39 is 0 Å². The van der Waals surface area contributed by atoms with Gasteiger partial charge in [0.15, 0.2) is 11.5 Å². The lowest BCUT2D eigenvalue weighted by Gasteiger charge is -2.12. The summed E-state index contributed by atoms with van der Waals surface area (Å²) in [7, 11) is 3.11. The van der Waals surface area contributed by atoms with Gasteiger partial charge in [-0.25, -0.2) is 0 Å². The van der Waals surface area contributed by atoms with Gasteiger partial charge in [-0.05, 0) is 47.9 Å². The monoisotopic (exact) mass is 437 g/mol. The summed E-state index contributed by atoms with van der Waals surface area (Å²) < 4.78 is 16.6. The molecule has 0 spiro atoms. The van der Waals surface area contributed by atoms with E-state index in [1.807, 2.05) is 55.5 Å². The molecule has 0 radical (unpaired) electrons. The van der Waals surface area contributed by atoms with Crippen molar-refractivity contribution in [2.24, 2.45) is 0 Å².